The zero-order valence-electron chi connectivity index (χ0n) is 18.5. The first kappa shape index (κ1) is 20.0. The zero-order chi connectivity index (χ0) is 21.7. The van der Waals surface area contributed by atoms with Gasteiger partial charge in [0.15, 0.2) is 5.78 Å². The Morgan fingerprint density at radius 3 is 2.56 bits per heavy atom. The number of benzene rings is 1. The van der Waals surface area contributed by atoms with Gasteiger partial charge in [0.1, 0.15) is 17.7 Å². The summed E-state index contributed by atoms with van der Waals surface area (Å²) in [6.07, 6.45) is 6.60. The summed E-state index contributed by atoms with van der Waals surface area (Å²) < 4.78 is 6.12. The van der Waals surface area contributed by atoms with Crippen molar-refractivity contribution in [2.45, 2.75) is 57.7 Å². The number of rotatable bonds is 6. The number of likely N-dealkylation sites (tertiary alicyclic amines) is 1. The van der Waals surface area contributed by atoms with Gasteiger partial charge in [0, 0.05) is 25.1 Å². The third-order valence-electron chi connectivity index (χ3n) is 7.48. The van der Waals surface area contributed by atoms with Gasteiger partial charge >= 0.3 is 6.01 Å². The van der Waals surface area contributed by atoms with E-state index < -0.39 is 0 Å². The number of ketones is 1. The number of hydrogen-bond donors (Lipinski definition) is 1. The van der Waals surface area contributed by atoms with Crippen LogP contribution in [0.25, 0.3) is 0 Å². The van der Waals surface area contributed by atoms with Crippen molar-refractivity contribution in [2.75, 3.05) is 30.3 Å². The Morgan fingerprint density at radius 2 is 1.78 bits per heavy atom. The van der Waals surface area contributed by atoms with Crippen molar-refractivity contribution in [3.63, 3.8) is 0 Å². The van der Waals surface area contributed by atoms with Crippen LogP contribution in [0.4, 0.5) is 11.6 Å². The van der Waals surface area contributed by atoms with Crippen molar-refractivity contribution < 1.29 is 9.53 Å². The molecule has 2 N–H and O–H groups in total. The monoisotopic (exact) mass is 433 g/mol. The Balaban J connectivity index is 1.22. The number of nitrogens with two attached hydrogens (primary N) is 1. The van der Waals surface area contributed by atoms with E-state index in [0.717, 1.165) is 42.6 Å². The standard InChI is InChI=1S/C25H31N5O2/c26-23-22-12-20(31)15-30(14-17-5-3-4-16(8-17)13-29-6-1-2-7-29)24(22)28-25(27-23)32-21-10-18-9-19(18)11-21/h3-5,8,18-19,21H,1-2,6-7,9-15H2,(H2,26,27,28)/t18-,19+,21?. The lowest BCUT2D eigenvalue weighted by molar-refractivity contribution is -0.117. The average molecular weight is 434 g/mol. The minimum Gasteiger partial charge on any atom is -0.460 e. The fraction of sp³-hybridized carbons (Fsp3) is 0.560. The predicted octanol–water partition coefficient (Wildman–Crippen LogP) is 2.96. The second-order valence-corrected chi connectivity index (χ2v) is 10.0. The molecule has 0 amide bonds. The van der Waals surface area contributed by atoms with Crippen LogP contribution in [-0.2, 0) is 24.3 Å². The Hall–Kier alpha value is -2.67. The molecule has 2 aliphatic heterocycles. The van der Waals surface area contributed by atoms with E-state index in [1.807, 2.05) is 4.90 Å². The molecule has 6 rings (SSSR count). The van der Waals surface area contributed by atoms with E-state index in [9.17, 15) is 4.79 Å². The van der Waals surface area contributed by atoms with Crippen LogP contribution in [0, 0.1) is 11.8 Å². The molecular formula is C25H31N5O2. The first-order chi connectivity index (χ1) is 15.6. The van der Waals surface area contributed by atoms with Crippen molar-refractivity contribution in [3.8, 4) is 6.01 Å². The summed E-state index contributed by atoms with van der Waals surface area (Å²) in [5, 5.41) is 0. The Bertz CT molecular complexity index is 1020. The van der Waals surface area contributed by atoms with E-state index in [2.05, 4.69) is 34.1 Å². The normalized spacial score (nSPS) is 26.8. The topological polar surface area (TPSA) is 84.6 Å². The maximum absolute atomic E-state index is 12.5. The third-order valence-corrected chi connectivity index (χ3v) is 7.48. The fourth-order valence-corrected chi connectivity index (χ4v) is 5.77. The number of aromatic nitrogens is 2. The maximum atomic E-state index is 12.5. The van der Waals surface area contributed by atoms with Crippen LogP contribution in [0.1, 0.15) is 48.8 Å². The van der Waals surface area contributed by atoms with Crippen molar-refractivity contribution in [2.24, 2.45) is 11.8 Å². The highest BCUT2D eigenvalue weighted by Crippen LogP contribution is 2.52. The van der Waals surface area contributed by atoms with Crippen LogP contribution >= 0.6 is 0 Å². The highest BCUT2D eigenvalue weighted by atomic mass is 16.5. The number of nitrogens with zero attached hydrogens (tertiary/aromatic N) is 4. The number of fused-ring (bicyclic) bond motifs is 2. The SMILES string of the molecule is Nc1nc(OC2C[C@@H]3C[C@@H]3C2)nc2c1CC(=O)CN2Cc1cccc(CN2CCCC2)c1. The molecule has 3 atom stereocenters. The first-order valence-corrected chi connectivity index (χ1v) is 12.0. The molecule has 2 saturated carbocycles. The van der Waals surface area contributed by atoms with Gasteiger partial charge in [-0.15, -0.1) is 0 Å². The number of ether oxygens (including phenoxy) is 1. The van der Waals surface area contributed by atoms with Gasteiger partial charge in [0.25, 0.3) is 0 Å². The zero-order valence-corrected chi connectivity index (χ0v) is 18.5. The number of nitrogen functional groups attached to an aromatic ring is 1. The average Bonchev–Trinajstić information content (AvgIpc) is 3.11. The highest BCUT2D eigenvalue weighted by molar-refractivity contribution is 5.91. The largest absolute Gasteiger partial charge is 0.460 e. The molecule has 1 unspecified atom stereocenters. The van der Waals surface area contributed by atoms with E-state index in [-0.39, 0.29) is 11.9 Å². The molecule has 0 bridgehead atoms. The first-order valence-electron chi connectivity index (χ1n) is 12.0. The molecule has 2 aromatic rings. The maximum Gasteiger partial charge on any atom is 0.320 e. The summed E-state index contributed by atoms with van der Waals surface area (Å²) >= 11 is 0. The molecular weight excluding hydrogens is 402 g/mol. The van der Waals surface area contributed by atoms with E-state index >= 15 is 0 Å². The summed E-state index contributed by atoms with van der Waals surface area (Å²) in [5.41, 5.74) is 9.50. The Morgan fingerprint density at radius 1 is 1.03 bits per heavy atom. The molecule has 168 valence electrons. The van der Waals surface area contributed by atoms with E-state index in [0.29, 0.717) is 31.3 Å². The molecule has 7 heteroatoms. The van der Waals surface area contributed by atoms with E-state index in [1.54, 1.807) is 0 Å². The third kappa shape index (κ3) is 4.06. The van der Waals surface area contributed by atoms with Crippen LogP contribution in [-0.4, -0.2) is 46.4 Å². The Kier molecular flexibility index (Phi) is 5.01. The molecule has 32 heavy (non-hydrogen) atoms. The molecule has 7 nitrogen and oxygen atoms in total. The molecule has 0 spiro atoms. The molecule has 1 aromatic carbocycles. The van der Waals surface area contributed by atoms with E-state index in [4.69, 9.17) is 15.5 Å². The van der Waals surface area contributed by atoms with Crippen molar-refractivity contribution in [1.82, 2.24) is 14.9 Å². The van der Waals surface area contributed by atoms with Crippen LogP contribution in [0.2, 0.25) is 0 Å². The minimum atomic E-state index is 0.144. The van der Waals surface area contributed by atoms with Crippen molar-refractivity contribution >= 4 is 17.4 Å². The number of carbonyl (C=O) groups excluding carboxylic acids is 1. The lowest BCUT2D eigenvalue weighted by Crippen LogP contribution is -2.37. The molecule has 3 fully saturated rings. The Labute approximate surface area is 189 Å². The summed E-state index contributed by atoms with van der Waals surface area (Å²) in [4.78, 5) is 26.2. The highest BCUT2D eigenvalue weighted by Gasteiger charge is 2.47. The van der Waals surface area contributed by atoms with Crippen LogP contribution in [0.5, 0.6) is 6.01 Å². The number of Topliss-reactive ketones (excluding diaryl/α,β-unsaturated/α-hetero) is 1. The summed E-state index contributed by atoms with van der Waals surface area (Å²) in [6.45, 7) is 4.31. The summed E-state index contributed by atoms with van der Waals surface area (Å²) in [5.74, 6) is 2.92. The van der Waals surface area contributed by atoms with Crippen molar-refractivity contribution in [3.05, 3.63) is 41.0 Å². The van der Waals surface area contributed by atoms with Gasteiger partial charge in [0.2, 0.25) is 0 Å². The molecule has 3 heterocycles. The summed E-state index contributed by atoms with van der Waals surface area (Å²) in [7, 11) is 0. The van der Waals surface area contributed by atoms with Gasteiger partial charge in [0.05, 0.1) is 6.54 Å². The fourth-order valence-electron chi connectivity index (χ4n) is 5.77. The van der Waals surface area contributed by atoms with Crippen LogP contribution in [0.15, 0.2) is 24.3 Å². The number of anilines is 2. The number of hydrogen-bond acceptors (Lipinski definition) is 7. The molecule has 4 aliphatic rings. The number of carbonyl (C=O) groups is 1. The molecule has 1 aromatic heterocycles. The molecule has 2 aliphatic carbocycles. The van der Waals surface area contributed by atoms with Gasteiger partial charge in [-0.2, -0.15) is 9.97 Å². The van der Waals surface area contributed by atoms with Gasteiger partial charge in [-0.1, -0.05) is 24.3 Å². The van der Waals surface area contributed by atoms with Gasteiger partial charge < -0.3 is 15.4 Å². The lowest BCUT2D eigenvalue weighted by atomic mass is 10.0. The van der Waals surface area contributed by atoms with Gasteiger partial charge in [-0.25, -0.2) is 0 Å². The minimum absolute atomic E-state index is 0.144. The quantitative estimate of drug-likeness (QED) is 0.750. The van der Waals surface area contributed by atoms with Crippen LogP contribution < -0.4 is 15.4 Å². The smallest absolute Gasteiger partial charge is 0.320 e. The van der Waals surface area contributed by atoms with Crippen molar-refractivity contribution in [1.29, 1.82) is 0 Å². The summed E-state index contributed by atoms with van der Waals surface area (Å²) in [6, 6.07) is 9.04. The van der Waals surface area contributed by atoms with E-state index in [1.165, 1.54) is 43.5 Å². The van der Waals surface area contributed by atoms with Crippen LogP contribution in [0.3, 0.4) is 0 Å². The molecule has 0 radical (unpaired) electrons. The predicted molar refractivity (Wildman–Crippen MR) is 122 cm³/mol. The second-order valence-electron chi connectivity index (χ2n) is 10.0. The second kappa shape index (κ2) is 8.03. The van der Waals surface area contributed by atoms with Gasteiger partial charge in [-0.05, 0) is 68.2 Å². The van der Waals surface area contributed by atoms with Gasteiger partial charge in [-0.3, -0.25) is 9.69 Å². The lowest BCUT2D eigenvalue weighted by Gasteiger charge is -2.30. The molecule has 1 saturated heterocycles.